The summed E-state index contributed by atoms with van der Waals surface area (Å²) in [5, 5.41) is 3.43. The van der Waals surface area contributed by atoms with Crippen LogP contribution < -0.4 is 5.32 Å². The highest BCUT2D eigenvalue weighted by atomic mass is 32.2. The molecule has 24 heavy (non-hydrogen) atoms. The minimum Gasteiger partial charge on any atom is -0.302 e. The van der Waals surface area contributed by atoms with Crippen LogP contribution in [0.2, 0.25) is 0 Å². The molecule has 1 saturated heterocycles. The smallest absolute Gasteiger partial charge is 0.230 e. The Morgan fingerprint density at radius 1 is 1.46 bits per heavy atom. The molecule has 3 rings (SSSR count). The number of piperidine rings is 1. The van der Waals surface area contributed by atoms with E-state index in [1.54, 1.807) is 11.8 Å². The van der Waals surface area contributed by atoms with Gasteiger partial charge in [0.2, 0.25) is 15.9 Å². The fourth-order valence-corrected chi connectivity index (χ4v) is 5.24. The molecular weight excluding hydrogens is 366 g/mol. The second-order valence-corrected chi connectivity index (χ2v) is 9.64. The number of thiazole rings is 1. The number of carbonyl (C=O) groups excluding carboxylic acids is 1. The van der Waals surface area contributed by atoms with Gasteiger partial charge in [0, 0.05) is 18.0 Å². The number of nitrogens with zero attached hydrogens (tertiary/aromatic N) is 2. The Bertz CT molecular complexity index is 863. The number of amides is 1. The number of fused-ring (bicyclic) bond motifs is 1. The lowest BCUT2D eigenvalue weighted by Gasteiger charge is -2.29. The maximum absolute atomic E-state index is 12.5. The van der Waals surface area contributed by atoms with Crippen LogP contribution in [-0.4, -0.2) is 49.2 Å². The molecule has 1 fully saturated rings. The Balaban J connectivity index is 1.75. The Morgan fingerprint density at radius 3 is 2.96 bits per heavy atom. The fourth-order valence-electron chi connectivity index (χ4n) is 2.81. The summed E-state index contributed by atoms with van der Waals surface area (Å²) < 4.78 is 25.8. The predicted octanol–water partition coefficient (Wildman–Crippen LogP) is 2.63. The van der Waals surface area contributed by atoms with Gasteiger partial charge in [0.15, 0.2) is 5.13 Å². The quantitative estimate of drug-likeness (QED) is 0.819. The van der Waals surface area contributed by atoms with Crippen molar-refractivity contribution >= 4 is 54.4 Å². The molecule has 2 heterocycles. The van der Waals surface area contributed by atoms with Crippen molar-refractivity contribution in [3.63, 3.8) is 0 Å². The number of hydrogen-bond donors (Lipinski definition) is 1. The number of rotatable bonds is 4. The molecule has 1 unspecified atom stereocenters. The number of hydrogen-bond acceptors (Lipinski definition) is 6. The molecule has 2 aromatic rings. The van der Waals surface area contributed by atoms with Gasteiger partial charge in [0.25, 0.3) is 0 Å². The third kappa shape index (κ3) is 3.74. The van der Waals surface area contributed by atoms with E-state index in [9.17, 15) is 13.2 Å². The van der Waals surface area contributed by atoms with Crippen LogP contribution in [0.3, 0.4) is 0 Å². The molecule has 6 nitrogen and oxygen atoms in total. The second kappa shape index (κ2) is 6.99. The van der Waals surface area contributed by atoms with E-state index in [1.807, 2.05) is 24.5 Å². The van der Waals surface area contributed by atoms with Crippen molar-refractivity contribution in [3.8, 4) is 0 Å². The van der Waals surface area contributed by atoms with Crippen molar-refractivity contribution in [3.05, 3.63) is 18.2 Å². The van der Waals surface area contributed by atoms with E-state index < -0.39 is 10.0 Å². The first-order chi connectivity index (χ1) is 11.4. The van der Waals surface area contributed by atoms with Crippen molar-refractivity contribution in [1.29, 1.82) is 0 Å². The maximum atomic E-state index is 12.5. The van der Waals surface area contributed by atoms with Gasteiger partial charge in [0.1, 0.15) is 0 Å². The van der Waals surface area contributed by atoms with Crippen molar-refractivity contribution in [2.45, 2.75) is 17.7 Å². The molecule has 0 saturated carbocycles. The topological polar surface area (TPSA) is 79.4 Å². The number of anilines is 1. The Morgan fingerprint density at radius 2 is 2.25 bits per heavy atom. The number of sulfonamides is 1. The minimum atomic E-state index is -3.26. The van der Waals surface area contributed by atoms with Crippen molar-refractivity contribution in [1.82, 2.24) is 9.29 Å². The largest absolute Gasteiger partial charge is 0.302 e. The second-order valence-electron chi connectivity index (χ2n) is 5.78. The van der Waals surface area contributed by atoms with Gasteiger partial charge < -0.3 is 5.32 Å². The number of benzene rings is 1. The van der Waals surface area contributed by atoms with Gasteiger partial charge in [-0.3, -0.25) is 4.79 Å². The molecule has 130 valence electrons. The monoisotopic (exact) mass is 385 g/mol. The van der Waals surface area contributed by atoms with Gasteiger partial charge in [-0.25, -0.2) is 17.7 Å². The van der Waals surface area contributed by atoms with Crippen LogP contribution in [0.25, 0.3) is 10.2 Å². The molecule has 1 aliphatic rings. The van der Waals surface area contributed by atoms with Crippen LogP contribution in [0.4, 0.5) is 5.13 Å². The summed E-state index contributed by atoms with van der Waals surface area (Å²) in [6, 6.07) is 5.96. The van der Waals surface area contributed by atoms with Crippen molar-refractivity contribution in [2.24, 2.45) is 5.92 Å². The van der Waals surface area contributed by atoms with Crippen molar-refractivity contribution < 1.29 is 13.2 Å². The molecule has 9 heteroatoms. The van der Waals surface area contributed by atoms with Crippen LogP contribution in [0.5, 0.6) is 0 Å². The molecule has 1 atom stereocenters. The van der Waals surface area contributed by atoms with E-state index >= 15 is 0 Å². The summed E-state index contributed by atoms with van der Waals surface area (Å²) in [6.07, 6.45) is 4.57. The summed E-state index contributed by atoms with van der Waals surface area (Å²) in [7, 11) is -3.26. The molecule has 0 spiro atoms. The SMILES string of the molecule is CSc1cccc2sc(NC(=O)C3CCCN(S(C)(=O)=O)C3)nc12. The normalized spacial score (nSPS) is 19.5. The summed E-state index contributed by atoms with van der Waals surface area (Å²) in [4.78, 5) is 18.1. The van der Waals surface area contributed by atoms with Crippen LogP contribution in [0.1, 0.15) is 12.8 Å². The molecule has 1 aromatic carbocycles. The van der Waals surface area contributed by atoms with E-state index in [2.05, 4.69) is 10.3 Å². The number of carbonyl (C=O) groups is 1. The summed E-state index contributed by atoms with van der Waals surface area (Å²) in [6.45, 7) is 0.729. The number of nitrogens with one attached hydrogen (secondary N) is 1. The predicted molar refractivity (Wildman–Crippen MR) is 99.2 cm³/mol. The first kappa shape index (κ1) is 17.7. The number of aromatic nitrogens is 1. The average Bonchev–Trinajstić information content (AvgIpc) is 2.96. The summed E-state index contributed by atoms with van der Waals surface area (Å²) in [5.41, 5.74) is 0.895. The molecule has 0 bridgehead atoms. The third-order valence-electron chi connectivity index (χ3n) is 4.06. The lowest BCUT2D eigenvalue weighted by molar-refractivity contribution is -0.120. The zero-order valence-electron chi connectivity index (χ0n) is 13.5. The summed E-state index contributed by atoms with van der Waals surface area (Å²) >= 11 is 3.06. The van der Waals surface area contributed by atoms with Gasteiger partial charge in [-0.05, 0) is 31.2 Å². The lowest BCUT2D eigenvalue weighted by atomic mass is 9.99. The first-order valence-corrected chi connectivity index (χ1v) is 11.5. The molecule has 0 radical (unpaired) electrons. The van der Waals surface area contributed by atoms with E-state index in [1.165, 1.54) is 21.9 Å². The van der Waals surface area contributed by atoms with E-state index in [4.69, 9.17) is 0 Å². The zero-order chi connectivity index (χ0) is 17.3. The van der Waals surface area contributed by atoms with Crippen molar-refractivity contribution in [2.75, 3.05) is 30.9 Å². The molecule has 1 N–H and O–H groups in total. The van der Waals surface area contributed by atoms with Gasteiger partial charge in [-0.1, -0.05) is 17.4 Å². The molecule has 0 aliphatic carbocycles. The highest BCUT2D eigenvalue weighted by Gasteiger charge is 2.30. The molecule has 1 amide bonds. The molecule has 1 aromatic heterocycles. The van der Waals surface area contributed by atoms with E-state index in [0.29, 0.717) is 24.5 Å². The zero-order valence-corrected chi connectivity index (χ0v) is 15.9. The lowest BCUT2D eigenvalue weighted by Crippen LogP contribution is -2.43. The highest BCUT2D eigenvalue weighted by molar-refractivity contribution is 7.98. The van der Waals surface area contributed by atoms with E-state index in [0.717, 1.165) is 15.1 Å². The fraction of sp³-hybridized carbons (Fsp3) is 0.467. The van der Waals surface area contributed by atoms with Crippen LogP contribution in [0, 0.1) is 5.92 Å². The van der Waals surface area contributed by atoms with Gasteiger partial charge >= 0.3 is 0 Å². The van der Waals surface area contributed by atoms with Crippen LogP contribution in [0.15, 0.2) is 23.1 Å². The van der Waals surface area contributed by atoms with Crippen LogP contribution in [-0.2, 0) is 14.8 Å². The van der Waals surface area contributed by atoms with Gasteiger partial charge in [-0.15, -0.1) is 11.8 Å². The van der Waals surface area contributed by atoms with Crippen LogP contribution >= 0.6 is 23.1 Å². The van der Waals surface area contributed by atoms with Gasteiger partial charge in [-0.2, -0.15) is 0 Å². The number of thioether (sulfide) groups is 1. The van der Waals surface area contributed by atoms with Gasteiger partial charge in [0.05, 0.1) is 22.4 Å². The Labute approximate surface area is 149 Å². The standard InChI is InChI=1S/C15H19N3O3S3/c1-22-11-6-3-7-12-13(11)16-15(23-12)17-14(19)10-5-4-8-18(9-10)24(2,20)21/h3,6-7,10H,4-5,8-9H2,1-2H3,(H,16,17,19). The van der Waals surface area contributed by atoms with E-state index in [-0.39, 0.29) is 18.4 Å². The minimum absolute atomic E-state index is 0.159. The highest BCUT2D eigenvalue weighted by Crippen LogP contribution is 2.32. The number of para-hydroxylation sites is 1. The first-order valence-electron chi connectivity index (χ1n) is 7.58. The Hall–Kier alpha value is -1.16. The third-order valence-corrected chi connectivity index (χ3v) is 7.03. The molecular formula is C15H19N3O3S3. The summed E-state index contributed by atoms with van der Waals surface area (Å²) in [5.74, 6) is -0.492. The maximum Gasteiger partial charge on any atom is 0.230 e. The molecule has 1 aliphatic heterocycles. The Kier molecular flexibility index (Phi) is 5.14. The average molecular weight is 386 g/mol.